The smallest absolute Gasteiger partial charge is 0.410 e. The fourth-order valence-electron chi connectivity index (χ4n) is 3.48. The molecule has 1 atom stereocenters. The molecule has 27 heavy (non-hydrogen) atoms. The van der Waals surface area contributed by atoms with E-state index in [-0.39, 0.29) is 12.3 Å². The molecule has 3 heterocycles. The summed E-state index contributed by atoms with van der Waals surface area (Å²) in [7, 11) is 0. The van der Waals surface area contributed by atoms with Crippen LogP contribution in [0.1, 0.15) is 34.1 Å². The number of hydrogen-bond acceptors (Lipinski definition) is 6. The summed E-state index contributed by atoms with van der Waals surface area (Å²) < 4.78 is 5.41. The minimum Gasteiger partial charge on any atom is -0.444 e. The lowest BCUT2D eigenvalue weighted by Gasteiger charge is -2.53. The van der Waals surface area contributed by atoms with Crippen molar-refractivity contribution in [3.63, 3.8) is 0 Å². The minimum absolute atomic E-state index is 0.189. The largest absolute Gasteiger partial charge is 0.444 e. The van der Waals surface area contributed by atoms with Crippen LogP contribution in [-0.2, 0) is 9.53 Å². The minimum atomic E-state index is -0.647. The van der Waals surface area contributed by atoms with Crippen molar-refractivity contribution in [2.24, 2.45) is 15.9 Å². The first kappa shape index (κ1) is 18.9. The Bertz CT molecular complexity index is 780. The van der Waals surface area contributed by atoms with Crippen molar-refractivity contribution in [3.05, 3.63) is 11.8 Å². The molecule has 0 aromatic carbocycles. The van der Waals surface area contributed by atoms with Gasteiger partial charge in [-0.1, -0.05) is 0 Å². The third kappa shape index (κ3) is 3.39. The molecule has 9 nitrogen and oxygen atoms in total. The molecule has 3 aliphatic rings. The summed E-state index contributed by atoms with van der Waals surface area (Å²) in [6, 6.07) is 2.20. The number of nitrogens with zero attached hydrogens (tertiary/aromatic N) is 5. The zero-order valence-corrected chi connectivity index (χ0v) is 16.0. The SMILES string of the molecule is CCN=C1NN(C2(CC#N)CN(C(=O)OC(C)(C)C)C2)C2=CC=NC(=O)C21. The molecule has 0 aromatic heterocycles. The van der Waals surface area contributed by atoms with E-state index in [0.29, 0.717) is 31.2 Å². The van der Waals surface area contributed by atoms with Crippen molar-refractivity contribution in [1.29, 1.82) is 5.26 Å². The molecule has 144 valence electrons. The van der Waals surface area contributed by atoms with Gasteiger partial charge in [0.15, 0.2) is 0 Å². The van der Waals surface area contributed by atoms with Crippen LogP contribution in [0.5, 0.6) is 0 Å². The maximum Gasteiger partial charge on any atom is 0.410 e. The highest BCUT2D eigenvalue weighted by Crippen LogP contribution is 2.39. The number of amides is 2. The summed E-state index contributed by atoms with van der Waals surface area (Å²) in [5, 5.41) is 11.2. The number of dihydropyridines is 1. The highest BCUT2D eigenvalue weighted by molar-refractivity contribution is 6.12. The summed E-state index contributed by atoms with van der Waals surface area (Å²) in [6.07, 6.45) is 2.99. The van der Waals surface area contributed by atoms with E-state index in [1.165, 1.54) is 6.21 Å². The van der Waals surface area contributed by atoms with Crippen LogP contribution in [0.4, 0.5) is 4.79 Å². The van der Waals surface area contributed by atoms with Crippen molar-refractivity contribution in [2.45, 2.75) is 45.3 Å². The van der Waals surface area contributed by atoms with Crippen molar-refractivity contribution in [2.75, 3.05) is 19.6 Å². The third-order valence-corrected chi connectivity index (χ3v) is 4.58. The predicted molar refractivity (Wildman–Crippen MR) is 98.8 cm³/mol. The highest BCUT2D eigenvalue weighted by Gasteiger charge is 2.56. The van der Waals surface area contributed by atoms with Gasteiger partial charge in [-0.25, -0.2) is 9.79 Å². The maximum atomic E-state index is 12.3. The number of fused-ring (bicyclic) bond motifs is 1. The highest BCUT2D eigenvalue weighted by atomic mass is 16.6. The Balaban J connectivity index is 1.84. The third-order valence-electron chi connectivity index (χ3n) is 4.58. The van der Waals surface area contributed by atoms with Gasteiger partial charge in [-0.3, -0.25) is 20.2 Å². The Morgan fingerprint density at radius 3 is 2.81 bits per heavy atom. The molecule has 3 aliphatic heterocycles. The van der Waals surface area contributed by atoms with Crippen LogP contribution in [-0.4, -0.2) is 64.7 Å². The molecule has 0 aliphatic carbocycles. The standard InChI is InChI=1S/C18H24N6O3/c1-5-20-14-13-12(6-9-21-15(13)25)24(22-14)18(7-8-19)10-23(11-18)16(26)27-17(2,3)4/h6,9,13H,5,7,10-11H2,1-4H3,(H,20,22). The zero-order valence-electron chi connectivity index (χ0n) is 16.0. The molecule has 1 unspecified atom stereocenters. The first-order valence-corrected chi connectivity index (χ1v) is 8.95. The van der Waals surface area contributed by atoms with E-state index in [4.69, 9.17) is 4.74 Å². The normalized spacial score (nSPS) is 24.7. The van der Waals surface area contributed by atoms with Gasteiger partial charge in [0, 0.05) is 12.8 Å². The summed E-state index contributed by atoms with van der Waals surface area (Å²) in [6.45, 7) is 8.47. The molecule has 2 amide bonds. The molecule has 9 heteroatoms. The van der Waals surface area contributed by atoms with Gasteiger partial charge in [0.2, 0.25) is 0 Å². The van der Waals surface area contributed by atoms with Gasteiger partial charge in [-0.15, -0.1) is 0 Å². The number of aliphatic imine (C=N–C) groups is 2. The van der Waals surface area contributed by atoms with Gasteiger partial charge in [-0.2, -0.15) is 5.26 Å². The lowest BCUT2D eigenvalue weighted by atomic mass is 9.85. The van der Waals surface area contributed by atoms with Crippen LogP contribution in [0.25, 0.3) is 0 Å². The molecule has 0 saturated carbocycles. The molecule has 0 aromatic rings. The number of ether oxygens (including phenoxy) is 1. The Morgan fingerprint density at radius 2 is 2.22 bits per heavy atom. The topological polar surface area (TPSA) is 110 Å². The van der Waals surface area contributed by atoms with Crippen LogP contribution in [0.2, 0.25) is 0 Å². The molecule has 3 rings (SSSR count). The number of amidine groups is 1. The van der Waals surface area contributed by atoms with E-state index in [0.717, 1.165) is 0 Å². The fourth-order valence-corrected chi connectivity index (χ4v) is 3.48. The van der Waals surface area contributed by atoms with Crippen molar-refractivity contribution in [1.82, 2.24) is 15.3 Å². The second kappa shape index (κ2) is 6.68. The fraction of sp³-hybridized carbons (Fsp3) is 0.611. The van der Waals surface area contributed by atoms with Gasteiger partial charge >= 0.3 is 6.09 Å². The molecule has 2 fully saturated rings. The average molecular weight is 372 g/mol. The second-order valence-electron chi connectivity index (χ2n) is 7.84. The Labute approximate surface area is 158 Å². The summed E-state index contributed by atoms with van der Waals surface area (Å²) in [4.78, 5) is 34.4. The first-order valence-electron chi connectivity index (χ1n) is 8.95. The van der Waals surface area contributed by atoms with Gasteiger partial charge in [0.25, 0.3) is 5.91 Å². The van der Waals surface area contributed by atoms with Gasteiger partial charge in [0.05, 0.1) is 31.3 Å². The summed E-state index contributed by atoms with van der Waals surface area (Å²) in [5.74, 6) is -0.343. The Kier molecular flexibility index (Phi) is 4.68. The van der Waals surface area contributed by atoms with Crippen LogP contribution < -0.4 is 5.43 Å². The van der Waals surface area contributed by atoms with E-state index >= 15 is 0 Å². The molecule has 0 spiro atoms. The lowest BCUT2D eigenvalue weighted by molar-refractivity contribution is -0.119. The Hall–Kier alpha value is -2.89. The van der Waals surface area contributed by atoms with Crippen molar-refractivity contribution in [3.8, 4) is 6.07 Å². The quantitative estimate of drug-likeness (QED) is 0.798. The molecule has 2 saturated heterocycles. The Morgan fingerprint density at radius 1 is 1.52 bits per heavy atom. The van der Waals surface area contributed by atoms with Gasteiger partial charge in [0.1, 0.15) is 22.9 Å². The first-order chi connectivity index (χ1) is 12.7. The van der Waals surface area contributed by atoms with E-state index in [9.17, 15) is 14.9 Å². The number of nitriles is 1. The van der Waals surface area contributed by atoms with Crippen LogP contribution >= 0.6 is 0 Å². The molecular weight excluding hydrogens is 348 g/mol. The monoisotopic (exact) mass is 372 g/mol. The average Bonchev–Trinajstić information content (AvgIpc) is 2.89. The number of nitrogens with one attached hydrogen (secondary N) is 1. The number of hydrogen-bond donors (Lipinski definition) is 1. The number of rotatable bonds is 3. The lowest BCUT2D eigenvalue weighted by Crippen LogP contribution is -2.72. The number of allylic oxidation sites excluding steroid dienone is 1. The number of carbonyl (C=O) groups is 2. The number of hydrazine groups is 1. The number of likely N-dealkylation sites (tertiary alicyclic amines) is 1. The van der Waals surface area contributed by atoms with Gasteiger partial charge in [-0.05, 0) is 33.8 Å². The van der Waals surface area contributed by atoms with E-state index in [2.05, 4.69) is 21.5 Å². The van der Waals surface area contributed by atoms with Crippen molar-refractivity contribution >= 4 is 24.1 Å². The van der Waals surface area contributed by atoms with E-state index in [1.54, 1.807) is 11.0 Å². The van der Waals surface area contributed by atoms with E-state index in [1.807, 2.05) is 32.7 Å². The van der Waals surface area contributed by atoms with E-state index < -0.39 is 23.2 Å². The summed E-state index contributed by atoms with van der Waals surface area (Å²) in [5.41, 5.74) is 2.66. The zero-order chi connectivity index (χ0) is 19.8. The molecule has 0 bridgehead atoms. The van der Waals surface area contributed by atoms with Gasteiger partial charge < -0.3 is 9.64 Å². The van der Waals surface area contributed by atoms with Crippen molar-refractivity contribution < 1.29 is 14.3 Å². The van der Waals surface area contributed by atoms with Crippen LogP contribution in [0, 0.1) is 17.2 Å². The molecular formula is C18H24N6O3. The number of carbonyl (C=O) groups excluding carboxylic acids is 2. The van der Waals surface area contributed by atoms with Crippen LogP contribution in [0.3, 0.4) is 0 Å². The van der Waals surface area contributed by atoms with Crippen LogP contribution in [0.15, 0.2) is 21.8 Å². The summed E-state index contributed by atoms with van der Waals surface area (Å²) >= 11 is 0. The maximum absolute atomic E-state index is 12.3. The molecule has 1 N–H and O–H groups in total. The predicted octanol–water partition coefficient (Wildman–Crippen LogP) is 1.24. The molecule has 0 radical (unpaired) electrons. The second-order valence-corrected chi connectivity index (χ2v) is 7.84.